The maximum absolute atomic E-state index is 12.7. The minimum absolute atomic E-state index is 0.0142. The van der Waals surface area contributed by atoms with Crippen LogP contribution in [0.5, 0.6) is 0 Å². The SMILES string of the molecule is CC(C)CCC[C@@H](C)[C@H]1CC[C@H]2[C@@H]3CC=C4C[C@@H](OC(=O)c5ccccc5)CC[C@]4(C)[C@H]3CC[C@]12C.CCCCCCCC/C=C\CCCCCCCCOC(=O)O[C@H]1CC[C@@]2(C)C(=CC[C@H]3[C@@H]4CC[C@H]([C@H](C)CCCC(C)C)[C@@]4(C)CC[C@@H]32)C1.CCCCCCCCC(=O)O[C@H]1CC[C@@]2(C)C(=CC[C@H]3[C@@H]4CC[C@H]([C@H](C)CCCC(C)C)[C@@]4(C)CC[C@@H]32)C1. The third-order valence-corrected chi connectivity index (χ3v) is 38.2. The van der Waals surface area contributed by atoms with E-state index in [9.17, 15) is 14.4 Å². The quantitative estimate of drug-likeness (QED) is 0.0279. The molecular formula is C116H192O7. The van der Waals surface area contributed by atoms with Gasteiger partial charge >= 0.3 is 18.1 Å². The van der Waals surface area contributed by atoms with Crippen molar-refractivity contribution in [1.82, 2.24) is 0 Å². The van der Waals surface area contributed by atoms with Crippen molar-refractivity contribution in [1.29, 1.82) is 0 Å². The molecule has 0 amide bonds. The lowest BCUT2D eigenvalue weighted by atomic mass is 9.47. The van der Waals surface area contributed by atoms with Crippen molar-refractivity contribution >= 4 is 18.1 Å². The zero-order chi connectivity index (χ0) is 88.0. The molecule has 0 radical (unpaired) electrons. The number of ether oxygens (including phenoxy) is 4. The van der Waals surface area contributed by atoms with E-state index in [1.165, 1.54) is 276 Å². The minimum Gasteiger partial charge on any atom is -0.462 e. The highest BCUT2D eigenvalue weighted by molar-refractivity contribution is 5.89. The van der Waals surface area contributed by atoms with Crippen LogP contribution in [0.3, 0.4) is 0 Å². The molecule has 0 spiro atoms. The number of fused-ring (bicyclic) bond motifs is 15. The number of carbonyl (C=O) groups excluding carboxylic acids is 3. The van der Waals surface area contributed by atoms with Crippen molar-refractivity contribution in [2.24, 2.45) is 139 Å². The molecular weight excluding hydrogens is 1510 g/mol. The van der Waals surface area contributed by atoms with Crippen LogP contribution in [0.25, 0.3) is 0 Å². The van der Waals surface area contributed by atoms with Crippen LogP contribution in [0, 0.1) is 139 Å². The molecule has 9 fully saturated rings. The summed E-state index contributed by atoms with van der Waals surface area (Å²) in [6.07, 6.45) is 81.4. The summed E-state index contributed by atoms with van der Waals surface area (Å²) in [5.74, 6) is 15.5. The fourth-order valence-corrected chi connectivity index (χ4v) is 31.0. The second-order valence-electron chi connectivity index (χ2n) is 47.4. The smallest absolute Gasteiger partial charge is 0.462 e. The molecule has 0 N–H and O–H groups in total. The molecule has 9 saturated carbocycles. The average Bonchev–Trinajstić information content (AvgIpc) is 1.62. The van der Waals surface area contributed by atoms with Gasteiger partial charge in [-0.1, -0.05) is 331 Å². The van der Waals surface area contributed by atoms with Crippen LogP contribution in [0.2, 0.25) is 0 Å². The molecule has 12 aliphatic carbocycles. The highest BCUT2D eigenvalue weighted by Crippen LogP contribution is 2.71. The number of hydrogen-bond donors (Lipinski definition) is 0. The minimum atomic E-state index is -0.441. The Hall–Kier alpha value is -3.61. The van der Waals surface area contributed by atoms with Gasteiger partial charge in [0, 0.05) is 25.7 Å². The van der Waals surface area contributed by atoms with Crippen molar-refractivity contribution in [2.45, 2.75) is 483 Å². The van der Waals surface area contributed by atoms with Gasteiger partial charge in [0.2, 0.25) is 0 Å². The Morgan fingerprint density at radius 3 is 1.10 bits per heavy atom. The van der Waals surface area contributed by atoms with Gasteiger partial charge in [-0.2, -0.15) is 0 Å². The predicted octanol–water partition coefficient (Wildman–Crippen LogP) is 34.5. The van der Waals surface area contributed by atoms with Crippen LogP contribution in [0.15, 0.2) is 77.4 Å². The lowest BCUT2D eigenvalue weighted by Gasteiger charge is -2.58. The van der Waals surface area contributed by atoms with E-state index in [2.05, 4.69) is 148 Å². The van der Waals surface area contributed by atoms with Gasteiger partial charge in [0.1, 0.15) is 18.3 Å². The van der Waals surface area contributed by atoms with Crippen molar-refractivity contribution in [3.05, 3.63) is 83.0 Å². The van der Waals surface area contributed by atoms with E-state index in [0.717, 1.165) is 171 Å². The van der Waals surface area contributed by atoms with Crippen molar-refractivity contribution < 1.29 is 33.3 Å². The fraction of sp³-hybridized carbons (Fsp3) is 0.853. The molecule has 7 nitrogen and oxygen atoms in total. The highest BCUT2D eigenvalue weighted by atomic mass is 16.7. The molecule has 13 rings (SSSR count). The van der Waals surface area contributed by atoms with Gasteiger partial charge in [0.15, 0.2) is 0 Å². The van der Waals surface area contributed by atoms with E-state index in [1.807, 2.05) is 30.3 Å². The van der Waals surface area contributed by atoms with E-state index in [0.29, 0.717) is 51.1 Å². The number of rotatable bonds is 42. The standard InChI is InChI=1S/C46H80O3.C36H62O2.C34H50O2/c1-7-8-9-10-11-12-13-14-15-16-17-18-19-20-21-22-34-48-44(47)49-39-30-32-45(5)38(35-39)26-27-40-42-29-28-41(37(4)25-23-24-36(2)3)46(42,6)33-31-43(40)45;1-7-8-9-10-11-12-16-34(37)38-29-21-23-35(5)28(25-29)17-18-30-32-20-19-31(27(4)15-13-14-26(2)3)36(32,6)24-22-33(30)35;1-23(2)10-9-11-24(3)29-16-17-30-28-15-14-26-22-27(36-32(35)25-12-7-6-8-13-25)18-20-33(26,4)31(28)19-21-34(29,30)5/h14-15,26,36-37,39-43H,7-13,16-25,27-35H2,1-6H3;17,26-27,29-33H,7-16,18-25H2,1-6H3;6-8,12-14,23-24,27-31H,9-11,15-22H2,1-5H3/b15-14-;;/t37-,39+,40+,41-,42+,43+,45+,46-;27-,29+,30+,31-,32+,33+,35+,36-;24-,27+,28+,29-,30+,31+,33+,34-/m111/s1. The Labute approximate surface area is 758 Å². The third-order valence-electron chi connectivity index (χ3n) is 38.2. The first-order valence-corrected chi connectivity index (χ1v) is 54.1. The molecule has 1 aromatic rings. The third kappa shape index (κ3) is 25.4. The van der Waals surface area contributed by atoms with E-state index in [1.54, 1.807) is 16.7 Å². The summed E-state index contributed by atoms with van der Waals surface area (Å²) in [6, 6.07) is 9.49. The van der Waals surface area contributed by atoms with Gasteiger partial charge < -0.3 is 18.9 Å². The number of hydrogen-bond acceptors (Lipinski definition) is 7. The lowest BCUT2D eigenvalue weighted by Crippen LogP contribution is -2.51. The molecule has 0 bridgehead atoms. The van der Waals surface area contributed by atoms with Gasteiger partial charge in [0.05, 0.1) is 12.2 Å². The Balaban J connectivity index is 0.000000182. The van der Waals surface area contributed by atoms with Gasteiger partial charge in [-0.05, 0) is 325 Å². The molecule has 698 valence electrons. The molecule has 0 unspecified atom stereocenters. The maximum Gasteiger partial charge on any atom is 0.508 e. The summed E-state index contributed by atoms with van der Waals surface area (Å²) in [5.41, 5.74) is 8.08. The Morgan fingerprint density at radius 1 is 0.366 bits per heavy atom. The summed E-state index contributed by atoms with van der Waals surface area (Å²) >= 11 is 0. The van der Waals surface area contributed by atoms with Gasteiger partial charge in [0.25, 0.3) is 0 Å². The van der Waals surface area contributed by atoms with Crippen molar-refractivity contribution in [2.75, 3.05) is 6.61 Å². The van der Waals surface area contributed by atoms with E-state index in [4.69, 9.17) is 18.9 Å². The normalized spacial score (nSPS) is 35.4. The maximum atomic E-state index is 12.7. The van der Waals surface area contributed by atoms with Crippen LogP contribution in [-0.4, -0.2) is 43.0 Å². The van der Waals surface area contributed by atoms with Crippen LogP contribution in [-0.2, 0) is 23.7 Å². The number of benzene rings is 1. The van der Waals surface area contributed by atoms with Gasteiger partial charge in [-0.25, -0.2) is 9.59 Å². The van der Waals surface area contributed by atoms with E-state index >= 15 is 0 Å². The number of carbonyl (C=O) groups is 3. The first-order valence-electron chi connectivity index (χ1n) is 54.1. The second-order valence-corrected chi connectivity index (χ2v) is 47.4. The zero-order valence-corrected chi connectivity index (χ0v) is 83.1. The first kappa shape index (κ1) is 100.0. The Morgan fingerprint density at radius 2 is 0.715 bits per heavy atom. The number of unbranched alkanes of at least 4 members (excludes halogenated alkanes) is 17. The second kappa shape index (κ2) is 47.5. The topological polar surface area (TPSA) is 88.1 Å². The Bertz CT molecular complexity index is 3460. The summed E-state index contributed by atoms with van der Waals surface area (Å²) in [5, 5.41) is 0. The number of allylic oxidation sites excluding steroid dienone is 5. The van der Waals surface area contributed by atoms with Crippen LogP contribution in [0.1, 0.15) is 475 Å². The molecule has 0 heterocycles. The molecule has 0 aliphatic heterocycles. The molecule has 7 heteroatoms. The van der Waals surface area contributed by atoms with Crippen LogP contribution in [0.4, 0.5) is 4.79 Å². The van der Waals surface area contributed by atoms with E-state index < -0.39 is 6.16 Å². The highest BCUT2D eigenvalue weighted by Gasteiger charge is 2.63. The number of esters is 2. The fourth-order valence-electron chi connectivity index (χ4n) is 31.0. The first-order chi connectivity index (χ1) is 59.1. The molecule has 1 aromatic carbocycles. The van der Waals surface area contributed by atoms with Crippen LogP contribution < -0.4 is 0 Å². The summed E-state index contributed by atoms with van der Waals surface area (Å²) < 4.78 is 23.5. The molecule has 0 saturated heterocycles. The zero-order valence-electron chi connectivity index (χ0n) is 83.1. The molecule has 12 aliphatic rings. The largest absolute Gasteiger partial charge is 0.508 e. The Kier molecular flexibility index (Phi) is 38.6. The van der Waals surface area contributed by atoms with Crippen molar-refractivity contribution in [3.63, 3.8) is 0 Å². The molecule has 0 aromatic heterocycles. The van der Waals surface area contributed by atoms with Gasteiger partial charge in [-0.15, -0.1) is 0 Å². The van der Waals surface area contributed by atoms with Gasteiger partial charge in [-0.3, -0.25) is 4.79 Å². The summed E-state index contributed by atoms with van der Waals surface area (Å²) in [6.45, 7) is 42.8. The predicted molar refractivity (Wildman–Crippen MR) is 518 cm³/mol. The van der Waals surface area contributed by atoms with Crippen LogP contribution >= 0.6 is 0 Å². The average molecular weight is 1700 g/mol. The summed E-state index contributed by atoms with van der Waals surface area (Å²) in [4.78, 5) is 37.9. The van der Waals surface area contributed by atoms with Crippen molar-refractivity contribution in [3.8, 4) is 0 Å². The molecule has 24 atom stereocenters. The van der Waals surface area contributed by atoms with E-state index in [-0.39, 0.29) is 30.3 Å². The monoisotopic (exact) mass is 1700 g/mol. The lowest BCUT2D eigenvalue weighted by molar-refractivity contribution is -0.151. The molecule has 123 heavy (non-hydrogen) atoms. The summed E-state index contributed by atoms with van der Waals surface area (Å²) in [7, 11) is 0.